The highest BCUT2D eigenvalue weighted by Crippen LogP contribution is 2.34. The summed E-state index contributed by atoms with van der Waals surface area (Å²) >= 11 is 0. The van der Waals surface area contributed by atoms with Crippen LogP contribution in [0.5, 0.6) is 0 Å². The van der Waals surface area contributed by atoms with Crippen molar-refractivity contribution in [1.29, 1.82) is 0 Å². The third kappa shape index (κ3) is 2.83. The Balaban J connectivity index is 2.59. The highest BCUT2D eigenvalue weighted by molar-refractivity contribution is 5.43. The molecule has 0 aromatic heterocycles. The molecule has 0 saturated heterocycles. The zero-order valence-electron chi connectivity index (χ0n) is 10.9. The molecule has 2 aromatic carbocycles. The molecule has 0 aliphatic carbocycles. The molecule has 0 aliphatic rings. The number of aliphatic imine (C=N–C) groups is 1. The SMILES string of the molecule is O=C=NC(OCCO)(c1ccccc1)c1ccccc1. The Bertz CT molecular complexity index is 538. The quantitative estimate of drug-likeness (QED) is 0.646. The summed E-state index contributed by atoms with van der Waals surface area (Å²) in [5.74, 6) is 0. The number of isocyanates is 1. The maximum absolute atomic E-state index is 10.9. The number of aliphatic hydroxyl groups is 1. The van der Waals surface area contributed by atoms with E-state index in [1.165, 1.54) is 0 Å². The lowest BCUT2D eigenvalue weighted by molar-refractivity contribution is -0.0280. The van der Waals surface area contributed by atoms with Crippen molar-refractivity contribution in [2.24, 2.45) is 4.99 Å². The van der Waals surface area contributed by atoms with Crippen molar-refractivity contribution in [2.45, 2.75) is 5.72 Å². The molecule has 0 amide bonds. The molecule has 0 fully saturated rings. The topological polar surface area (TPSA) is 58.9 Å². The van der Waals surface area contributed by atoms with E-state index in [0.29, 0.717) is 11.1 Å². The first-order chi connectivity index (χ1) is 9.83. The van der Waals surface area contributed by atoms with E-state index < -0.39 is 5.72 Å². The van der Waals surface area contributed by atoms with Crippen LogP contribution >= 0.6 is 0 Å². The van der Waals surface area contributed by atoms with Crippen LogP contribution in [-0.4, -0.2) is 24.4 Å². The van der Waals surface area contributed by atoms with E-state index in [1.807, 2.05) is 60.7 Å². The molecule has 0 spiro atoms. The third-order valence-corrected chi connectivity index (χ3v) is 2.94. The zero-order chi connectivity index (χ0) is 14.3. The number of carbonyl (C=O) groups excluding carboxylic acids is 1. The van der Waals surface area contributed by atoms with Crippen LogP contribution < -0.4 is 0 Å². The molecule has 2 aromatic rings. The van der Waals surface area contributed by atoms with Gasteiger partial charge in [0.2, 0.25) is 11.8 Å². The van der Waals surface area contributed by atoms with Gasteiger partial charge >= 0.3 is 0 Å². The highest BCUT2D eigenvalue weighted by Gasteiger charge is 2.35. The maximum atomic E-state index is 10.9. The maximum Gasteiger partial charge on any atom is 0.238 e. The van der Waals surface area contributed by atoms with E-state index >= 15 is 0 Å². The van der Waals surface area contributed by atoms with E-state index in [9.17, 15) is 4.79 Å². The smallest absolute Gasteiger partial charge is 0.238 e. The average molecular weight is 269 g/mol. The Hall–Kier alpha value is -2.26. The summed E-state index contributed by atoms with van der Waals surface area (Å²) in [4.78, 5) is 14.8. The Morgan fingerprint density at radius 2 is 1.50 bits per heavy atom. The molecule has 0 radical (unpaired) electrons. The number of hydrogen-bond acceptors (Lipinski definition) is 4. The Morgan fingerprint density at radius 1 is 1.00 bits per heavy atom. The number of hydrogen-bond donors (Lipinski definition) is 1. The molecule has 0 atom stereocenters. The number of ether oxygens (including phenoxy) is 1. The number of benzene rings is 2. The molecular formula is C16H15NO3. The molecular weight excluding hydrogens is 254 g/mol. The van der Waals surface area contributed by atoms with Crippen molar-refractivity contribution >= 4 is 6.08 Å². The Morgan fingerprint density at radius 3 is 1.90 bits per heavy atom. The number of nitrogens with zero attached hydrogens (tertiary/aromatic N) is 1. The molecule has 0 saturated carbocycles. The lowest BCUT2D eigenvalue weighted by Gasteiger charge is -2.29. The lowest BCUT2D eigenvalue weighted by Crippen LogP contribution is -2.30. The second-order valence-corrected chi connectivity index (χ2v) is 4.15. The number of aliphatic hydroxyl groups excluding tert-OH is 1. The molecule has 4 heteroatoms. The van der Waals surface area contributed by atoms with Crippen molar-refractivity contribution in [3.05, 3.63) is 71.8 Å². The molecule has 20 heavy (non-hydrogen) atoms. The van der Waals surface area contributed by atoms with Gasteiger partial charge in [0.1, 0.15) is 0 Å². The van der Waals surface area contributed by atoms with Crippen molar-refractivity contribution in [3.8, 4) is 0 Å². The van der Waals surface area contributed by atoms with E-state index in [0.717, 1.165) is 0 Å². The van der Waals surface area contributed by atoms with Crippen LogP contribution in [0.15, 0.2) is 65.7 Å². The normalized spacial score (nSPS) is 10.8. The van der Waals surface area contributed by atoms with Gasteiger partial charge in [0.25, 0.3) is 0 Å². The molecule has 0 bridgehead atoms. The van der Waals surface area contributed by atoms with Gasteiger partial charge < -0.3 is 9.84 Å². The van der Waals surface area contributed by atoms with Gasteiger partial charge in [0.15, 0.2) is 0 Å². The standard InChI is InChI=1S/C16H15NO3/c18-11-12-20-16(17-13-19,14-7-3-1-4-8-14)15-9-5-2-6-10-15/h1-10,18H,11-12H2. The average Bonchev–Trinajstić information content (AvgIpc) is 2.53. The van der Waals surface area contributed by atoms with Crippen molar-refractivity contribution in [3.63, 3.8) is 0 Å². The first-order valence-corrected chi connectivity index (χ1v) is 6.28. The zero-order valence-corrected chi connectivity index (χ0v) is 10.9. The van der Waals surface area contributed by atoms with Crippen LogP contribution in [0.25, 0.3) is 0 Å². The Kier molecular flexibility index (Phi) is 4.80. The van der Waals surface area contributed by atoms with Crippen LogP contribution in [0, 0.1) is 0 Å². The fourth-order valence-corrected chi connectivity index (χ4v) is 2.08. The Labute approximate surface area is 117 Å². The first kappa shape index (κ1) is 14.2. The second kappa shape index (κ2) is 6.78. The summed E-state index contributed by atoms with van der Waals surface area (Å²) in [7, 11) is 0. The lowest BCUT2D eigenvalue weighted by atomic mass is 9.94. The minimum Gasteiger partial charge on any atom is -0.394 e. The first-order valence-electron chi connectivity index (χ1n) is 6.28. The second-order valence-electron chi connectivity index (χ2n) is 4.15. The summed E-state index contributed by atoms with van der Waals surface area (Å²) in [6.07, 6.45) is 1.58. The van der Waals surface area contributed by atoms with Gasteiger partial charge in [0.05, 0.1) is 13.2 Å². The van der Waals surface area contributed by atoms with Crippen LogP contribution in [0.1, 0.15) is 11.1 Å². The van der Waals surface area contributed by atoms with Crippen LogP contribution in [-0.2, 0) is 15.3 Å². The number of rotatable bonds is 6. The van der Waals surface area contributed by atoms with E-state index in [4.69, 9.17) is 9.84 Å². The van der Waals surface area contributed by atoms with Gasteiger partial charge in [0, 0.05) is 11.1 Å². The van der Waals surface area contributed by atoms with Crippen LogP contribution in [0.3, 0.4) is 0 Å². The summed E-state index contributed by atoms with van der Waals surface area (Å²) in [5.41, 5.74) is 0.151. The molecule has 0 aliphatic heterocycles. The van der Waals surface area contributed by atoms with E-state index in [1.54, 1.807) is 6.08 Å². The van der Waals surface area contributed by atoms with Crippen molar-refractivity contribution in [2.75, 3.05) is 13.2 Å². The largest absolute Gasteiger partial charge is 0.394 e. The van der Waals surface area contributed by atoms with Gasteiger partial charge in [-0.25, -0.2) is 4.79 Å². The van der Waals surface area contributed by atoms with Gasteiger partial charge in [-0.15, -0.1) is 0 Å². The molecule has 0 heterocycles. The monoisotopic (exact) mass is 269 g/mol. The minimum absolute atomic E-state index is 0.0645. The van der Waals surface area contributed by atoms with Crippen LogP contribution in [0.4, 0.5) is 0 Å². The molecule has 4 nitrogen and oxygen atoms in total. The van der Waals surface area contributed by atoms with Gasteiger partial charge in [-0.3, -0.25) is 0 Å². The van der Waals surface area contributed by atoms with Gasteiger partial charge in [-0.1, -0.05) is 60.7 Å². The summed E-state index contributed by atoms with van der Waals surface area (Å²) < 4.78 is 5.71. The molecule has 0 unspecified atom stereocenters. The van der Waals surface area contributed by atoms with Crippen molar-refractivity contribution in [1.82, 2.24) is 0 Å². The summed E-state index contributed by atoms with van der Waals surface area (Å²) in [5, 5.41) is 9.03. The molecule has 2 rings (SSSR count). The van der Waals surface area contributed by atoms with Gasteiger partial charge in [-0.05, 0) is 0 Å². The fraction of sp³-hybridized carbons (Fsp3) is 0.188. The van der Waals surface area contributed by atoms with Crippen LogP contribution in [0.2, 0.25) is 0 Å². The fourth-order valence-electron chi connectivity index (χ4n) is 2.08. The predicted molar refractivity (Wildman–Crippen MR) is 74.8 cm³/mol. The molecule has 102 valence electrons. The molecule has 1 N–H and O–H groups in total. The van der Waals surface area contributed by atoms with E-state index in [-0.39, 0.29) is 13.2 Å². The van der Waals surface area contributed by atoms with Crippen molar-refractivity contribution < 1.29 is 14.6 Å². The van der Waals surface area contributed by atoms with Gasteiger partial charge in [-0.2, -0.15) is 4.99 Å². The predicted octanol–water partition coefficient (Wildman–Crippen LogP) is 2.23. The minimum atomic E-state index is -1.27. The van der Waals surface area contributed by atoms with E-state index in [2.05, 4.69) is 4.99 Å². The highest BCUT2D eigenvalue weighted by atomic mass is 16.5. The summed E-state index contributed by atoms with van der Waals surface area (Å²) in [6, 6.07) is 18.4. The summed E-state index contributed by atoms with van der Waals surface area (Å²) in [6.45, 7) is -0.0925. The third-order valence-electron chi connectivity index (χ3n) is 2.94.